The third-order valence-corrected chi connectivity index (χ3v) is 6.27. The van der Waals surface area contributed by atoms with Crippen molar-refractivity contribution in [1.29, 1.82) is 0 Å². The van der Waals surface area contributed by atoms with E-state index >= 15 is 0 Å². The topological polar surface area (TPSA) is 86.3 Å². The summed E-state index contributed by atoms with van der Waals surface area (Å²) >= 11 is 0. The van der Waals surface area contributed by atoms with Crippen LogP contribution in [-0.2, 0) is 22.6 Å². The van der Waals surface area contributed by atoms with Crippen molar-refractivity contribution in [1.82, 2.24) is 10.2 Å². The maximum atomic E-state index is 13.8. The smallest absolute Gasteiger partial charge is 0.261 e. The molecule has 0 spiro atoms. The Labute approximate surface area is 230 Å². The standard InChI is InChI=1S/C31H38N2O6/c1-5-6-15-32-31(35)29(17-23-11-8-7-9-12-23)33(21-24-13-10-14-25(16-24)36-2)30(34)22-39-28-19-26(37-3)18-27(20-28)38-4/h7-14,16,18-20,29H,5-6,15,17,21-22H2,1-4H3,(H,32,35)/t29-/m0/s1. The molecule has 0 aromatic heterocycles. The van der Waals surface area contributed by atoms with E-state index in [1.54, 1.807) is 44.4 Å². The second kappa shape index (κ2) is 15.3. The van der Waals surface area contributed by atoms with Crippen LogP contribution >= 0.6 is 0 Å². The fraction of sp³-hybridized carbons (Fsp3) is 0.355. The van der Waals surface area contributed by atoms with Crippen LogP contribution in [0.4, 0.5) is 0 Å². The van der Waals surface area contributed by atoms with E-state index < -0.39 is 6.04 Å². The number of hydrogen-bond acceptors (Lipinski definition) is 6. The molecule has 0 heterocycles. The summed E-state index contributed by atoms with van der Waals surface area (Å²) in [4.78, 5) is 28.9. The molecule has 3 aromatic carbocycles. The van der Waals surface area contributed by atoms with Crippen LogP contribution in [-0.4, -0.2) is 57.2 Å². The quantitative estimate of drug-likeness (QED) is 0.286. The second-order valence-electron chi connectivity index (χ2n) is 9.06. The van der Waals surface area contributed by atoms with Crippen LogP contribution in [0.1, 0.15) is 30.9 Å². The summed E-state index contributed by atoms with van der Waals surface area (Å²) in [5, 5.41) is 3.02. The summed E-state index contributed by atoms with van der Waals surface area (Å²) in [5.74, 6) is 1.65. The molecular weight excluding hydrogens is 496 g/mol. The first-order chi connectivity index (χ1) is 19.0. The van der Waals surface area contributed by atoms with Crippen LogP contribution < -0.4 is 24.3 Å². The van der Waals surface area contributed by atoms with Gasteiger partial charge >= 0.3 is 0 Å². The zero-order valence-corrected chi connectivity index (χ0v) is 23.1. The van der Waals surface area contributed by atoms with E-state index in [4.69, 9.17) is 18.9 Å². The van der Waals surface area contributed by atoms with Crippen LogP contribution in [0.25, 0.3) is 0 Å². The fourth-order valence-corrected chi connectivity index (χ4v) is 4.12. The van der Waals surface area contributed by atoms with E-state index in [9.17, 15) is 9.59 Å². The van der Waals surface area contributed by atoms with Crippen LogP contribution in [0.15, 0.2) is 72.8 Å². The first kappa shape index (κ1) is 29.4. The van der Waals surface area contributed by atoms with Gasteiger partial charge in [-0.25, -0.2) is 0 Å². The number of carbonyl (C=O) groups excluding carboxylic acids is 2. The van der Waals surface area contributed by atoms with Crippen molar-refractivity contribution < 1.29 is 28.5 Å². The molecular formula is C31H38N2O6. The summed E-state index contributed by atoms with van der Waals surface area (Å²) < 4.78 is 21.9. The number of carbonyl (C=O) groups is 2. The highest BCUT2D eigenvalue weighted by molar-refractivity contribution is 5.88. The number of unbranched alkanes of at least 4 members (excludes halogenated alkanes) is 1. The molecule has 3 rings (SSSR count). The average Bonchev–Trinajstić information content (AvgIpc) is 2.98. The number of methoxy groups -OCH3 is 3. The molecule has 8 heteroatoms. The minimum Gasteiger partial charge on any atom is -0.497 e. The van der Waals surface area contributed by atoms with Crippen LogP contribution in [0.3, 0.4) is 0 Å². The van der Waals surface area contributed by atoms with Crippen LogP contribution in [0.2, 0.25) is 0 Å². The van der Waals surface area contributed by atoms with Gasteiger partial charge in [0.2, 0.25) is 5.91 Å². The van der Waals surface area contributed by atoms with E-state index in [0.717, 1.165) is 24.0 Å². The minimum atomic E-state index is -0.744. The predicted molar refractivity (Wildman–Crippen MR) is 150 cm³/mol. The highest BCUT2D eigenvalue weighted by Crippen LogP contribution is 2.27. The summed E-state index contributed by atoms with van der Waals surface area (Å²) in [6.07, 6.45) is 2.17. The molecule has 0 saturated carbocycles. The molecule has 0 saturated heterocycles. The zero-order chi connectivity index (χ0) is 28.0. The van der Waals surface area contributed by atoms with Crippen molar-refractivity contribution in [3.05, 3.63) is 83.9 Å². The first-order valence-electron chi connectivity index (χ1n) is 13.1. The zero-order valence-electron chi connectivity index (χ0n) is 23.1. The number of benzene rings is 3. The lowest BCUT2D eigenvalue weighted by Gasteiger charge is -2.31. The van der Waals surface area contributed by atoms with E-state index in [2.05, 4.69) is 12.2 Å². The fourth-order valence-electron chi connectivity index (χ4n) is 4.12. The molecule has 0 bridgehead atoms. The van der Waals surface area contributed by atoms with Crippen molar-refractivity contribution in [2.24, 2.45) is 0 Å². The van der Waals surface area contributed by atoms with E-state index in [0.29, 0.717) is 36.0 Å². The van der Waals surface area contributed by atoms with Gasteiger partial charge in [0, 0.05) is 37.7 Å². The molecule has 0 aliphatic heterocycles. The number of ether oxygens (including phenoxy) is 4. The van der Waals surface area contributed by atoms with Crippen molar-refractivity contribution >= 4 is 11.8 Å². The highest BCUT2D eigenvalue weighted by atomic mass is 16.5. The molecule has 0 radical (unpaired) electrons. The molecule has 0 fully saturated rings. The Kier molecular flexibility index (Phi) is 11.5. The summed E-state index contributed by atoms with van der Waals surface area (Å²) in [7, 11) is 4.69. The SMILES string of the molecule is CCCCNC(=O)[C@H](Cc1ccccc1)N(Cc1cccc(OC)c1)C(=O)COc1cc(OC)cc(OC)c1. The number of rotatable bonds is 15. The molecule has 8 nitrogen and oxygen atoms in total. The largest absolute Gasteiger partial charge is 0.497 e. The van der Waals surface area contributed by atoms with Gasteiger partial charge in [0.1, 0.15) is 29.0 Å². The van der Waals surface area contributed by atoms with Gasteiger partial charge in [-0.3, -0.25) is 9.59 Å². The van der Waals surface area contributed by atoms with Crippen LogP contribution in [0.5, 0.6) is 23.0 Å². The maximum Gasteiger partial charge on any atom is 0.261 e. The van der Waals surface area contributed by atoms with Crippen molar-refractivity contribution in [3.8, 4) is 23.0 Å². The second-order valence-corrected chi connectivity index (χ2v) is 9.06. The molecule has 39 heavy (non-hydrogen) atoms. The third-order valence-electron chi connectivity index (χ3n) is 6.27. The Balaban J connectivity index is 1.92. The van der Waals surface area contributed by atoms with Gasteiger partial charge in [-0.05, 0) is 29.7 Å². The van der Waals surface area contributed by atoms with Crippen molar-refractivity contribution in [3.63, 3.8) is 0 Å². The number of amides is 2. The predicted octanol–water partition coefficient (Wildman–Crippen LogP) is 4.65. The van der Waals surface area contributed by atoms with E-state index in [-0.39, 0.29) is 25.0 Å². The number of hydrogen-bond donors (Lipinski definition) is 1. The Morgan fingerprint density at radius 2 is 1.44 bits per heavy atom. The van der Waals surface area contributed by atoms with Gasteiger partial charge in [-0.15, -0.1) is 0 Å². The lowest BCUT2D eigenvalue weighted by Crippen LogP contribution is -2.51. The Morgan fingerprint density at radius 3 is 2.08 bits per heavy atom. The lowest BCUT2D eigenvalue weighted by atomic mass is 10.0. The molecule has 208 valence electrons. The molecule has 0 unspecified atom stereocenters. The molecule has 0 aliphatic rings. The Hall–Kier alpha value is -4.20. The summed E-state index contributed by atoms with van der Waals surface area (Å²) in [6.45, 7) is 2.55. The van der Waals surface area contributed by atoms with Gasteiger partial charge in [-0.2, -0.15) is 0 Å². The van der Waals surface area contributed by atoms with Crippen LogP contribution in [0, 0.1) is 0 Å². The van der Waals surface area contributed by atoms with Gasteiger partial charge in [0.15, 0.2) is 6.61 Å². The van der Waals surface area contributed by atoms with E-state index in [1.807, 2.05) is 54.6 Å². The summed E-state index contributed by atoms with van der Waals surface area (Å²) in [5.41, 5.74) is 1.79. The monoisotopic (exact) mass is 534 g/mol. The molecule has 0 aliphatic carbocycles. The Morgan fingerprint density at radius 1 is 0.795 bits per heavy atom. The molecule has 2 amide bonds. The van der Waals surface area contributed by atoms with Crippen molar-refractivity contribution in [2.45, 2.75) is 38.8 Å². The lowest BCUT2D eigenvalue weighted by molar-refractivity contribution is -0.142. The molecule has 1 N–H and O–H groups in total. The highest BCUT2D eigenvalue weighted by Gasteiger charge is 2.30. The van der Waals surface area contributed by atoms with Crippen molar-refractivity contribution in [2.75, 3.05) is 34.5 Å². The normalized spacial score (nSPS) is 11.3. The number of nitrogens with one attached hydrogen (secondary N) is 1. The van der Waals surface area contributed by atoms with Gasteiger partial charge in [-0.1, -0.05) is 55.8 Å². The third kappa shape index (κ3) is 8.95. The summed E-state index contributed by atoms with van der Waals surface area (Å²) in [6, 6.07) is 21.5. The Bertz CT molecular complexity index is 1180. The van der Waals surface area contributed by atoms with E-state index in [1.165, 1.54) is 0 Å². The average molecular weight is 535 g/mol. The first-order valence-corrected chi connectivity index (χ1v) is 13.1. The molecule has 1 atom stereocenters. The van der Waals surface area contributed by atoms with Gasteiger partial charge < -0.3 is 29.2 Å². The minimum absolute atomic E-state index is 0.202. The molecule has 3 aromatic rings. The van der Waals surface area contributed by atoms with Gasteiger partial charge in [0.05, 0.1) is 21.3 Å². The maximum absolute atomic E-state index is 13.8. The van der Waals surface area contributed by atoms with Gasteiger partial charge in [0.25, 0.3) is 5.91 Å². The number of nitrogens with zero attached hydrogens (tertiary/aromatic N) is 1.